The number of aliphatic hydroxyl groups is 1. The number of hydrogen-bond acceptors (Lipinski definition) is 9. The highest BCUT2D eigenvalue weighted by molar-refractivity contribution is 7.17. The third kappa shape index (κ3) is 5.45. The Labute approximate surface area is 169 Å². The molecule has 0 saturated carbocycles. The molecule has 0 atom stereocenters. The standard InChI is InChI=1S/C18H18N4O6S/c1-4-28-17(27)14-9(2)19-18(29-14)20-15(24)13(10(3)23)22-21-12-8-6-5-7-11(12)16(25)26/h5-8,23H,4H2,1-3H3,(H,25,26)(H,19,20,24)/b13-10+,22-21?. The molecule has 0 unspecified atom stereocenters. The quantitative estimate of drug-likeness (QED) is 0.267. The molecule has 1 aromatic carbocycles. The third-order valence-electron chi connectivity index (χ3n) is 3.43. The molecule has 0 saturated heterocycles. The fourth-order valence-electron chi connectivity index (χ4n) is 2.12. The van der Waals surface area contributed by atoms with E-state index >= 15 is 0 Å². The lowest BCUT2D eigenvalue weighted by molar-refractivity contribution is -0.113. The van der Waals surface area contributed by atoms with E-state index in [1.54, 1.807) is 19.9 Å². The summed E-state index contributed by atoms with van der Waals surface area (Å²) in [4.78, 5) is 39.9. The first-order valence-electron chi connectivity index (χ1n) is 8.34. The number of esters is 1. The van der Waals surface area contributed by atoms with Crippen LogP contribution in [-0.2, 0) is 9.53 Å². The van der Waals surface area contributed by atoms with Gasteiger partial charge in [0.2, 0.25) is 0 Å². The van der Waals surface area contributed by atoms with Gasteiger partial charge in [0, 0.05) is 0 Å². The summed E-state index contributed by atoms with van der Waals surface area (Å²) in [6.07, 6.45) is 0. The van der Waals surface area contributed by atoms with Crippen molar-refractivity contribution >= 4 is 40.0 Å². The first-order valence-corrected chi connectivity index (χ1v) is 9.16. The molecule has 0 radical (unpaired) electrons. The van der Waals surface area contributed by atoms with Gasteiger partial charge in [-0.25, -0.2) is 14.6 Å². The van der Waals surface area contributed by atoms with Crippen LogP contribution in [0.1, 0.15) is 39.6 Å². The van der Waals surface area contributed by atoms with Gasteiger partial charge in [-0.3, -0.25) is 10.1 Å². The molecule has 1 heterocycles. The maximum atomic E-state index is 12.5. The molecule has 1 amide bonds. The monoisotopic (exact) mass is 418 g/mol. The molecule has 11 heteroatoms. The number of ether oxygens (including phenoxy) is 1. The van der Waals surface area contributed by atoms with E-state index in [0.29, 0.717) is 5.69 Å². The van der Waals surface area contributed by atoms with Gasteiger partial charge in [0.1, 0.15) is 16.3 Å². The molecule has 1 aromatic heterocycles. The van der Waals surface area contributed by atoms with E-state index < -0.39 is 29.3 Å². The number of carboxylic acids is 1. The number of benzene rings is 1. The van der Waals surface area contributed by atoms with Crippen molar-refractivity contribution < 1.29 is 29.3 Å². The number of aromatic carboxylic acids is 1. The number of amides is 1. The number of aryl methyl sites for hydroxylation is 1. The molecule has 0 aliphatic carbocycles. The molecular formula is C18H18N4O6S. The van der Waals surface area contributed by atoms with E-state index in [0.717, 1.165) is 11.3 Å². The number of rotatable bonds is 7. The highest BCUT2D eigenvalue weighted by Crippen LogP contribution is 2.25. The molecule has 0 bridgehead atoms. The summed E-state index contributed by atoms with van der Waals surface area (Å²) in [5, 5.41) is 28.9. The predicted octanol–water partition coefficient (Wildman–Crippen LogP) is 3.84. The molecule has 29 heavy (non-hydrogen) atoms. The van der Waals surface area contributed by atoms with E-state index in [2.05, 4.69) is 20.5 Å². The first-order chi connectivity index (χ1) is 13.7. The third-order valence-corrected chi connectivity index (χ3v) is 4.48. The van der Waals surface area contributed by atoms with Crippen LogP contribution in [0.2, 0.25) is 0 Å². The second-order valence-electron chi connectivity index (χ2n) is 5.56. The van der Waals surface area contributed by atoms with Gasteiger partial charge in [0.05, 0.1) is 17.9 Å². The second kappa shape index (κ2) is 9.55. The number of aromatic nitrogens is 1. The molecule has 2 rings (SSSR count). The summed E-state index contributed by atoms with van der Waals surface area (Å²) >= 11 is 0.914. The molecule has 152 valence electrons. The number of nitrogens with one attached hydrogen (secondary N) is 1. The van der Waals surface area contributed by atoms with Gasteiger partial charge in [-0.05, 0) is 32.9 Å². The average molecular weight is 418 g/mol. The zero-order valence-corrected chi connectivity index (χ0v) is 16.6. The summed E-state index contributed by atoms with van der Waals surface area (Å²) in [7, 11) is 0. The number of allylic oxidation sites excluding steroid dienone is 1. The maximum Gasteiger partial charge on any atom is 0.350 e. The highest BCUT2D eigenvalue weighted by Gasteiger charge is 2.20. The Hall–Kier alpha value is -3.60. The van der Waals surface area contributed by atoms with Crippen LogP contribution in [0.25, 0.3) is 0 Å². The number of carbonyl (C=O) groups is 3. The van der Waals surface area contributed by atoms with Gasteiger partial charge in [-0.15, -0.1) is 10.2 Å². The van der Waals surface area contributed by atoms with E-state index in [1.807, 2.05) is 0 Å². The van der Waals surface area contributed by atoms with Crippen molar-refractivity contribution in [2.75, 3.05) is 11.9 Å². The predicted molar refractivity (Wildman–Crippen MR) is 105 cm³/mol. The summed E-state index contributed by atoms with van der Waals surface area (Å²) in [6.45, 7) is 4.70. The largest absolute Gasteiger partial charge is 0.510 e. The zero-order valence-electron chi connectivity index (χ0n) is 15.8. The molecule has 0 fully saturated rings. The van der Waals surface area contributed by atoms with Gasteiger partial charge >= 0.3 is 11.9 Å². The van der Waals surface area contributed by atoms with Crippen molar-refractivity contribution in [1.82, 2.24) is 4.98 Å². The van der Waals surface area contributed by atoms with Crippen LogP contribution >= 0.6 is 11.3 Å². The fraction of sp³-hybridized carbons (Fsp3) is 0.222. The van der Waals surface area contributed by atoms with Gasteiger partial charge < -0.3 is 14.9 Å². The summed E-state index contributed by atoms with van der Waals surface area (Å²) < 4.78 is 4.92. The van der Waals surface area contributed by atoms with E-state index in [1.165, 1.54) is 25.1 Å². The van der Waals surface area contributed by atoms with Crippen molar-refractivity contribution in [1.29, 1.82) is 0 Å². The van der Waals surface area contributed by atoms with Gasteiger partial charge in [0.25, 0.3) is 5.91 Å². The molecule has 0 spiro atoms. The minimum Gasteiger partial charge on any atom is -0.510 e. The van der Waals surface area contributed by atoms with Crippen LogP contribution in [0.4, 0.5) is 10.8 Å². The maximum absolute atomic E-state index is 12.5. The lowest BCUT2D eigenvalue weighted by atomic mass is 10.2. The smallest absolute Gasteiger partial charge is 0.350 e. The minimum absolute atomic E-state index is 0.0150. The molecule has 2 aromatic rings. The van der Waals surface area contributed by atoms with Crippen molar-refractivity contribution in [2.24, 2.45) is 10.2 Å². The molecule has 0 aliphatic rings. The normalized spacial score (nSPS) is 11.8. The summed E-state index contributed by atoms with van der Waals surface area (Å²) in [6, 6.07) is 5.83. The van der Waals surface area contributed by atoms with Crippen LogP contribution in [0.15, 0.2) is 46.0 Å². The number of thiazole rings is 1. The van der Waals surface area contributed by atoms with E-state index in [9.17, 15) is 19.5 Å². The zero-order chi connectivity index (χ0) is 21.6. The Kier molecular flexibility index (Phi) is 7.15. The van der Waals surface area contributed by atoms with Crippen LogP contribution in [0.3, 0.4) is 0 Å². The molecule has 10 nitrogen and oxygen atoms in total. The van der Waals surface area contributed by atoms with Gasteiger partial charge in [0.15, 0.2) is 10.8 Å². The Morgan fingerprint density at radius 3 is 2.55 bits per heavy atom. The number of nitrogens with zero attached hydrogens (tertiary/aromatic N) is 3. The molecule has 3 N–H and O–H groups in total. The average Bonchev–Trinajstić information content (AvgIpc) is 3.02. The van der Waals surface area contributed by atoms with Crippen molar-refractivity contribution in [3.63, 3.8) is 0 Å². The highest BCUT2D eigenvalue weighted by atomic mass is 32.1. The Balaban J connectivity index is 2.24. The van der Waals surface area contributed by atoms with Crippen molar-refractivity contribution in [3.8, 4) is 0 Å². The van der Waals surface area contributed by atoms with Crippen LogP contribution in [0.5, 0.6) is 0 Å². The summed E-state index contributed by atoms with van der Waals surface area (Å²) in [5.41, 5.74) is -0.148. The van der Waals surface area contributed by atoms with Gasteiger partial charge in [-0.2, -0.15) is 0 Å². The summed E-state index contributed by atoms with van der Waals surface area (Å²) in [5.74, 6) is -3.02. The number of aliphatic hydroxyl groups excluding tert-OH is 1. The Morgan fingerprint density at radius 2 is 1.93 bits per heavy atom. The number of carbonyl (C=O) groups excluding carboxylic acids is 2. The van der Waals surface area contributed by atoms with E-state index in [-0.39, 0.29) is 27.9 Å². The first kappa shape index (κ1) is 21.7. The Bertz CT molecular complexity index is 1010. The molecule has 0 aliphatic heterocycles. The lowest BCUT2D eigenvalue weighted by Gasteiger charge is -2.03. The van der Waals surface area contributed by atoms with Crippen LogP contribution in [-0.4, -0.2) is 39.6 Å². The van der Waals surface area contributed by atoms with Gasteiger partial charge in [-0.1, -0.05) is 23.5 Å². The molecular weight excluding hydrogens is 400 g/mol. The van der Waals surface area contributed by atoms with Crippen LogP contribution < -0.4 is 5.32 Å². The topological polar surface area (TPSA) is 151 Å². The van der Waals surface area contributed by atoms with E-state index in [4.69, 9.17) is 9.84 Å². The van der Waals surface area contributed by atoms with Crippen LogP contribution in [0, 0.1) is 6.92 Å². The second-order valence-corrected chi connectivity index (χ2v) is 6.56. The fourth-order valence-corrected chi connectivity index (χ4v) is 2.98. The minimum atomic E-state index is -1.21. The number of hydrogen-bond donors (Lipinski definition) is 3. The number of carboxylic acid groups (broad SMARTS) is 1. The van der Waals surface area contributed by atoms with Crippen molar-refractivity contribution in [2.45, 2.75) is 20.8 Å². The number of anilines is 1. The Morgan fingerprint density at radius 1 is 1.24 bits per heavy atom. The SMILES string of the molecule is CCOC(=O)c1sc(NC(=O)/C(N=Nc2ccccc2C(=O)O)=C(/C)O)nc1C. The van der Waals surface area contributed by atoms with Crippen molar-refractivity contribution in [3.05, 3.63) is 51.9 Å². The lowest BCUT2D eigenvalue weighted by Crippen LogP contribution is -2.14. The number of azo groups is 1.